The standard InChI is InChI=1S/C15H15N3O2S/c1-18-14-9-12(7-8-13(14)10-17-18)15(21(16,19)20)11-5-3-2-4-6-11/h2-10,15H,1H3,(H2,16,19,20). The highest BCUT2D eigenvalue weighted by molar-refractivity contribution is 7.89. The molecule has 0 bridgehead atoms. The predicted molar refractivity (Wildman–Crippen MR) is 82.1 cm³/mol. The maximum atomic E-state index is 12.0. The number of hydrogen-bond acceptors (Lipinski definition) is 3. The lowest BCUT2D eigenvalue weighted by Crippen LogP contribution is -2.22. The van der Waals surface area contributed by atoms with E-state index in [1.165, 1.54) is 0 Å². The first-order valence-corrected chi connectivity index (χ1v) is 8.06. The van der Waals surface area contributed by atoms with E-state index in [-0.39, 0.29) is 0 Å². The summed E-state index contributed by atoms with van der Waals surface area (Å²) in [6.45, 7) is 0. The van der Waals surface area contributed by atoms with E-state index < -0.39 is 15.3 Å². The second-order valence-corrected chi connectivity index (χ2v) is 6.62. The Hall–Kier alpha value is -2.18. The van der Waals surface area contributed by atoms with E-state index in [4.69, 9.17) is 5.14 Å². The minimum atomic E-state index is -3.77. The summed E-state index contributed by atoms with van der Waals surface area (Å²) < 4.78 is 25.8. The fourth-order valence-corrected chi connectivity index (χ4v) is 3.59. The van der Waals surface area contributed by atoms with Crippen LogP contribution in [0.1, 0.15) is 16.4 Å². The molecular weight excluding hydrogens is 286 g/mol. The van der Waals surface area contributed by atoms with E-state index in [2.05, 4.69) is 5.10 Å². The van der Waals surface area contributed by atoms with Crippen LogP contribution < -0.4 is 5.14 Å². The van der Waals surface area contributed by atoms with E-state index in [9.17, 15) is 8.42 Å². The lowest BCUT2D eigenvalue weighted by Gasteiger charge is -2.16. The number of nitrogens with zero attached hydrogens (tertiary/aromatic N) is 2. The van der Waals surface area contributed by atoms with Gasteiger partial charge in [0, 0.05) is 12.4 Å². The molecular formula is C15H15N3O2S. The van der Waals surface area contributed by atoms with Gasteiger partial charge in [0.1, 0.15) is 5.25 Å². The van der Waals surface area contributed by atoms with Gasteiger partial charge >= 0.3 is 0 Å². The van der Waals surface area contributed by atoms with Crippen LogP contribution in [0, 0.1) is 0 Å². The number of aryl methyl sites for hydroxylation is 1. The molecule has 6 heteroatoms. The average molecular weight is 301 g/mol. The Kier molecular flexibility index (Phi) is 3.27. The molecule has 21 heavy (non-hydrogen) atoms. The lowest BCUT2D eigenvalue weighted by atomic mass is 10.0. The SMILES string of the molecule is Cn1ncc2ccc(C(c3ccccc3)S(N)(=O)=O)cc21. The number of nitrogens with two attached hydrogens (primary N) is 1. The van der Waals surface area contributed by atoms with E-state index >= 15 is 0 Å². The van der Waals surface area contributed by atoms with Crippen molar-refractivity contribution in [2.75, 3.05) is 0 Å². The highest BCUT2D eigenvalue weighted by Crippen LogP contribution is 2.30. The van der Waals surface area contributed by atoms with Gasteiger partial charge in [0.2, 0.25) is 10.0 Å². The second kappa shape index (κ2) is 4.98. The third-order valence-electron chi connectivity index (χ3n) is 3.51. The molecule has 0 saturated carbocycles. The van der Waals surface area contributed by atoms with Crippen LogP contribution in [0.5, 0.6) is 0 Å². The molecule has 2 N–H and O–H groups in total. The van der Waals surface area contributed by atoms with Crippen molar-refractivity contribution in [1.82, 2.24) is 9.78 Å². The molecule has 0 radical (unpaired) electrons. The highest BCUT2D eigenvalue weighted by Gasteiger charge is 2.26. The van der Waals surface area contributed by atoms with Gasteiger partial charge in [-0.05, 0) is 17.2 Å². The van der Waals surface area contributed by atoms with Crippen molar-refractivity contribution in [3.63, 3.8) is 0 Å². The van der Waals surface area contributed by atoms with Gasteiger partial charge in [0.05, 0.1) is 11.7 Å². The van der Waals surface area contributed by atoms with Crippen LogP contribution in [0.15, 0.2) is 54.7 Å². The van der Waals surface area contributed by atoms with Crippen molar-refractivity contribution in [1.29, 1.82) is 0 Å². The molecule has 3 rings (SSSR count). The van der Waals surface area contributed by atoms with Gasteiger partial charge in [-0.1, -0.05) is 42.5 Å². The van der Waals surface area contributed by atoms with Crippen molar-refractivity contribution in [3.8, 4) is 0 Å². The van der Waals surface area contributed by atoms with Crippen LogP contribution in [-0.2, 0) is 17.1 Å². The van der Waals surface area contributed by atoms with Crippen LogP contribution in [-0.4, -0.2) is 18.2 Å². The van der Waals surface area contributed by atoms with E-state index in [1.807, 2.05) is 25.2 Å². The van der Waals surface area contributed by atoms with Gasteiger partial charge < -0.3 is 0 Å². The molecule has 1 heterocycles. The number of rotatable bonds is 3. The fraction of sp³-hybridized carbons (Fsp3) is 0.133. The average Bonchev–Trinajstić information content (AvgIpc) is 2.80. The molecule has 0 aliphatic rings. The zero-order valence-corrected chi connectivity index (χ0v) is 12.3. The Balaban J connectivity index is 2.22. The summed E-state index contributed by atoms with van der Waals surface area (Å²) in [5.41, 5.74) is 2.17. The summed E-state index contributed by atoms with van der Waals surface area (Å²) in [7, 11) is -1.95. The number of hydrogen-bond donors (Lipinski definition) is 1. The Morgan fingerprint density at radius 2 is 1.81 bits per heavy atom. The smallest absolute Gasteiger partial charge is 0.220 e. The molecule has 0 aliphatic carbocycles. The summed E-state index contributed by atoms with van der Waals surface area (Å²) >= 11 is 0. The maximum Gasteiger partial charge on any atom is 0.220 e. The first kappa shape index (κ1) is 13.8. The maximum absolute atomic E-state index is 12.0. The zero-order valence-electron chi connectivity index (χ0n) is 11.5. The Morgan fingerprint density at radius 3 is 2.48 bits per heavy atom. The Morgan fingerprint density at radius 1 is 1.10 bits per heavy atom. The second-order valence-electron chi connectivity index (χ2n) is 4.97. The summed E-state index contributed by atoms with van der Waals surface area (Å²) in [5, 5.41) is 9.70. The van der Waals surface area contributed by atoms with Crippen LogP contribution >= 0.6 is 0 Å². The highest BCUT2D eigenvalue weighted by atomic mass is 32.2. The van der Waals surface area contributed by atoms with E-state index in [0.717, 1.165) is 10.9 Å². The number of primary sulfonamides is 1. The number of aromatic nitrogens is 2. The van der Waals surface area contributed by atoms with Crippen LogP contribution in [0.4, 0.5) is 0 Å². The van der Waals surface area contributed by atoms with Gasteiger partial charge in [-0.25, -0.2) is 13.6 Å². The monoisotopic (exact) mass is 301 g/mol. The molecule has 0 saturated heterocycles. The van der Waals surface area contributed by atoms with Crippen LogP contribution in [0.3, 0.4) is 0 Å². The Labute approximate surface area is 123 Å². The quantitative estimate of drug-likeness (QED) is 0.803. The normalized spacial score (nSPS) is 13.4. The molecule has 1 unspecified atom stereocenters. The van der Waals surface area contributed by atoms with Crippen molar-refractivity contribution >= 4 is 20.9 Å². The molecule has 1 aromatic heterocycles. The summed E-state index contributed by atoms with van der Waals surface area (Å²) in [6, 6.07) is 14.4. The van der Waals surface area contributed by atoms with Crippen LogP contribution in [0.2, 0.25) is 0 Å². The minimum Gasteiger partial charge on any atom is -0.268 e. The molecule has 108 valence electrons. The number of benzene rings is 2. The minimum absolute atomic E-state index is 0.639. The third kappa shape index (κ3) is 2.55. The van der Waals surface area contributed by atoms with Crippen molar-refractivity contribution in [3.05, 3.63) is 65.9 Å². The largest absolute Gasteiger partial charge is 0.268 e. The fourth-order valence-electron chi connectivity index (χ4n) is 2.52. The van der Waals surface area contributed by atoms with Gasteiger partial charge in [-0.3, -0.25) is 4.68 Å². The molecule has 0 spiro atoms. The van der Waals surface area contributed by atoms with E-state index in [0.29, 0.717) is 11.1 Å². The molecule has 3 aromatic rings. The molecule has 0 amide bonds. The summed E-state index contributed by atoms with van der Waals surface area (Å²) in [5.74, 6) is 0. The lowest BCUT2D eigenvalue weighted by molar-refractivity contribution is 0.591. The van der Waals surface area contributed by atoms with Gasteiger partial charge in [0.25, 0.3) is 0 Å². The van der Waals surface area contributed by atoms with Crippen molar-refractivity contribution in [2.24, 2.45) is 12.2 Å². The Bertz CT molecular complexity index is 886. The number of sulfonamides is 1. The first-order chi connectivity index (χ1) is 9.97. The van der Waals surface area contributed by atoms with Gasteiger partial charge in [0.15, 0.2) is 0 Å². The topological polar surface area (TPSA) is 78.0 Å². The number of fused-ring (bicyclic) bond motifs is 1. The third-order valence-corrected chi connectivity index (χ3v) is 4.71. The van der Waals surface area contributed by atoms with Crippen LogP contribution in [0.25, 0.3) is 10.9 Å². The van der Waals surface area contributed by atoms with Gasteiger partial charge in [-0.15, -0.1) is 0 Å². The van der Waals surface area contributed by atoms with E-state index in [1.54, 1.807) is 41.2 Å². The zero-order chi connectivity index (χ0) is 15.0. The molecule has 2 aromatic carbocycles. The first-order valence-electron chi connectivity index (χ1n) is 6.45. The van der Waals surface area contributed by atoms with Crippen molar-refractivity contribution in [2.45, 2.75) is 5.25 Å². The molecule has 5 nitrogen and oxygen atoms in total. The van der Waals surface area contributed by atoms with Crippen molar-refractivity contribution < 1.29 is 8.42 Å². The van der Waals surface area contributed by atoms with Gasteiger partial charge in [-0.2, -0.15) is 5.10 Å². The molecule has 0 fully saturated rings. The molecule has 0 aliphatic heterocycles. The summed E-state index contributed by atoms with van der Waals surface area (Å²) in [4.78, 5) is 0. The summed E-state index contributed by atoms with van der Waals surface area (Å²) in [6.07, 6.45) is 1.74. The predicted octanol–water partition coefficient (Wildman–Crippen LogP) is 1.95. The molecule has 1 atom stereocenters.